The van der Waals surface area contributed by atoms with Gasteiger partial charge in [0.15, 0.2) is 0 Å². The number of nitrogens with one attached hydrogen (secondary N) is 1. The van der Waals surface area contributed by atoms with Gasteiger partial charge in [-0.25, -0.2) is 9.78 Å². The summed E-state index contributed by atoms with van der Waals surface area (Å²) in [6.07, 6.45) is -5.39. The smallest absolute Gasteiger partial charge is 0.421 e. The molecule has 0 aliphatic carbocycles. The predicted octanol–water partition coefficient (Wildman–Crippen LogP) is 5.18. The molecule has 0 spiro atoms. The second kappa shape index (κ2) is 6.99. The van der Waals surface area contributed by atoms with Crippen LogP contribution in [0.4, 0.5) is 35.2 Å². The van der Waals surface area contributed by atoms with Crippen LogP contribution in [0, 0.1) is 0 Å². The van der Waals surface area contributed by atoms with Gasteiger partial charge in [0, 0.05) is 11.7 Å². The Labute approximate surface area is 152 Å². The van der Waals surface area contributed by atoms with Crippen molar-refractivity contribution in [2.24, 2.45) is 0 Å². The molecule has 2 N–H and O–H groups in total. The topological polar surface area (TPSA) is 78.4 Å². The number of nitrogens with zero attached hydrogens (tertiary/aromatic N) is 3. The number of carboxylic acid groups (broad SMARTS) is 1. The molecule has 10 heteroatoms. The lowest BCUT2D eigenvalue weighted by Gasteiger charge is -2.34. The van der Waals surface area contributed by atoms with Crippen molar-refractivity contribution in [2.45, 2.75) is 32.5 Å². The van der Waals surface area contributed by atoms with Crippen molar-refractivity contribution in [3.05, 3.63) is 41.3 Å². The van der Waals surface area contributed by atoms with Crippen molar-refractivity contribution in [1.29, 1.82) is 0 Å². The third-order valence-electron chi connectivity index (χ3n) is 3.32. The molecule has 2 aromatic rings. The van der Waals surface area contributed by atoms with E-state index in [4.69, 9.17) is 11.6 Å². The van der Waals surface area contributed by atoms with E-state index in [0.717, 1.165) is 4.90 Å². The lowest BCUT2D eigenvalue weighted by atomic mass is 10.0. The van der Waals surface area contributed by atoms with E-state index in [0.29, 0.717) is 6.20 Å². The van der Waals surface area contributed by atoms with E-state index >= 15 is 0 Å². The van der Waals surface area contributed by atoms with E-state index < -0.39 is 29.2 Å². The van der Waals surface area contributed by atoms with Crippen LogP contribution in [0.1, 0.15) is 26.3 Å². The average Bonchev–Trinajstić information content (AvgIpc) is 2.46. The molecule has 2 rings (SSSR count). The molecule has 0 aliphatic heterocycles. The summed E-state index contributed by atoms with van der Waals surface area (Å²) in [6.45, 7) is 5.00. The fraction of sp³-hybridized carbons (Fsp3) is 0.312. The van der Waals surface area contributed by atoms with Gasteiger partial charge in [-0.3, -0.25) is 4.90 Å². The fourth-order valence-corrected chi connectivity index (χ4v) is 2.45. The third kappa shape index (κ3) is 4.34. The predicted molar refractivity (Wildman–Crippen MR) is 92.0 cm³/mol. The first-order valence-corrected chi connectivity index (χ1v) is 7.78. The van der Waals surface area contributed by atoms with E-state index in [2.05, 4.69) is 15.3 Å². The van der Waals surface area contributed by atoms with Crippen molar-refractivity contribution < 1.29 is 23.1 Å². The molecule has 0 radical (unpaired) electrons. The summed E-state index contributed by atoms with van der Waals surface area (Å²) in [5, 5.41) is 11.7. The van der Waals surface area contributed by atoms with Crippen molar-refractivity contribution >= 4 is 34.9 Å². The Morgan fingerprint density at radius 2 is 1.85 bits per heavy atom. The monoisotopic (exact) mass is 388 g/mol. The summed E-state index contributed by atoms with van der Waals surface area (Å²) in [4.78, 5) is 19.7. The van der Waals surface area contributed by atoms with Crippen LogP contribution >= 0.6 is 11.6 Å². The van der Waals surface area contributed by atoms with Gasteiger partial charge in [0.1, 0.15) is 11.4 Å². The highest BCUT2D eigenvalue weighted by molar-refractivity contribution is 6.28. The molecule has 1 aromatic heterocycles. The van der Waals surface area contributed by atoms with E-state index in [9.17, 15) is 23.1 Å². The standard InChI is InChI=1S/C16H16ClF3N4O2/c1-15(2,3)24(14(25)26)11-7-5-4-6-10(11)22-12-9(16(18,19)20)8-21-13(17)23-12/h4-8H,1-3H3,(H,25,26)(H,21,22,23). The van der Waals surface area contributed by atoms with Crippen LogP contribution < -0.4 is 10.2 Å². The van der Waals surface area contributed by atoms with Gasteiger partial charge >= 0.3 is 12.3 Å². The van der Waals surface area contributed by atoms with Crippen molar-refractivity contribution in [3.8, 4) is 0 Å². The van der Waals surface area contributed by atoms with Gasteiger partial charge in [0.2, 0.25) is 5.28 Å². The summed E-state index contributed by atoms with van der Waals surface area (Å²) in [6, 6.07) is 6.08. The normalized spacial score (nSPS) is 12.0. The molecular weight excluding hydrogens is 373 g/mol. The van der Waals surface area contributed by atoms with E-state index in [1.807, 2.05) is 0 Å². The number of rotatable bonds is 3. The average molecular weight is 389 g/mol. The fourth-order valence-electron chi connectivity index (χ4n) is 2.32. The van der Waals surface area contributed by atoms with Crippen LogP contribution in [-0.4, -0.2) is 26.7 Å². The first kappa shape index (κ1) is 19.8. The Morgan fingerprint density at radius 1 is 1.23 bits per heavy atom. The molecule has 1 amide bonds. The summed E-state index contributed by atoms with van der Waals surface area (Å²) in [7, 11) is 0. The first-order valence-electron chi connectivity index (χ1n) is 7.40. The van der Waals surface area contributed by atoms with Crippen LogP contribution in [-0.2, 0) is 6.18 Å². The molecule has 0 aliphatic rings. The van der Waals surface area contributed by atoms with Crippen molar-refractivity contribution in [1.82, 2.24) is 9.97 Å². The number of anilines is 3. The Kier molecular flexibility index (Phi) is 5.31. The summed E-state index contributed by atoms with van der Waals surface area (Å²) in [5.74, 6) is -0.566. The highest BCUT2D eigenvalue weighted by Crippen LogP contribution is 2.38. The Balaban J connectivity index is 2.57. The van der Waals surface area contributed by atoms with Crippen molar-refractivity contribution in [2.75, 3.05) is 10.2 Å². The molecule has 6 nitrogen and oxygen atoms in total. The van der Waals surface area contributed by atoms with Gasteiger partial charge < -0.3 is 10.4 Å². The van der Waals surface area contributed by atoms with E-state index in [1.54, 1.807) is 32.9 Å². The molecule has 140 valence electrons. The number of aromatic nitrogens is 2. The zero-order valence-electron chi connectivity index (χ0n) is 14.1. The third-order valence-corrected chi connectivity index (χ3v) is 3.51. The van der Waals surface area contributed by atoms with Gasteiger partial charge in [-0.05, 0) is 44.5 Å². The molecule has 1 aromatic carbocycles. The number of benzene rings is 1. The molecular formula is C16H16ClF3N4O2. The molecule has 1 heterocycles. The Morgan fingerprint density at radius 3 is 2.38 bits per heavy atom. The Bertz CT molecular complexity index is 822. The molecule has 26 heavy (non-hydrogen) atoms. The molecule has 0 saturated heterocycles. The van der Waals surface area contributed by atoms with Gasteiger partial charge in [0.05, 0.1) is 11.4 Å². The number of halogens is 4. The van der Waals surface area contributed by atoms with Crippen molar-refractivity contribution in [3.63, 3.8) is 0 Å². The minimum Gasteiger partial charge on any atom is -0.465 e. The molecule has 0 unspecified atom stereocenters. The zero-order valence-corrected chi connectivity index (χ0v) is 14.9. The zero-order chi connectivity index (χ0) is 19.7. The van der Waals surface area contributed by atoms with E-state index in [1.165, 1.54) is 12.1 Å². The second-order valence-electron chi connectivity index (χ2n) is 6.33. The summed E-state index contributed by atoms with van der Waals surface area (Å²) >= 11 is 5.62. The summed E-state index contributed by atoms with van der Waals surface area (Å²) in [5.41, 5.74) is -1.64. The van der Waals surface area contributed by atoms with E-state index in [-0.39, 0.29) is 16.7 Å². The van der Waals surface area contributed by atoms with Gasteiger partial charge in [-0.1, -0.05) is 12.1 Å². The maximum absolute atomic E-state index is 13.2. The highest BCUT2D eigenvalue weighted by atomic mass is 35.5. The Hall–Kier alpha value is -2.55. The van der Waals surface area contributed by atoms with Gasteiger partial charge in [-0.2, -0.15) is 18.2 Å². The van der Waals surface area contributed by atoms with Crippen LogP contribution in [0.25, 0.3) is 0 Å². The number of hydrogen-bond acceptors (Lipinski definition) is 4. The van der Waals surface area contributed by atoms with Gasteiger partial charge in [0.25, 0.3) is 0 Å². The lowest BCUT2D eigenvalue weighted by Crippen LogP contribution is -2.45. The summed E-state index contributed by atoms with van der Waals surface area (Å²) < 4.78 is 39.6. The quantitative estimate of drug-likeness (QED) is 0.709. The van der Waals surface area contributed by atoms with Crippen LogP contribution in [0.15, 0.2) is 30.5 Å². The molecule has 0 saturated carbocycles. The number of alkyl halides is 3. The molecule has 0 atom stereocenters. The SMILES string of the molecule is CC(C)(C)N(C(=O)O)c1ccccc1Nc1nc(Cl)ncc1C(F)(F)F. The minimum atomic E-state index is -4.71. The molecule has 0 fully saturated rings. The largest absolute Gasteiger partial charge is 0.465 e. The van der Waals surface area contributed by atoms with Crippen LogP contribution in [0.5, 0.6) is 0 Å². The first-order chi connectivity index (χ1) is 11.9. The van der Waals surface area contributed by atoms with Crippen LogP contribution in [0.2, 0.25) is 5.28 Å². The van der Waals surface area contributed by atoms with Crippen LogP contribution in [0.3, 0.4) is 0 Å². The minimum absolute atomic E-state index is 0.130. The second-order valence-corrected chi connectivity index (χ2v) is 6.67. The lowest BCUT2D eigenvalue weighted by molar-refractivity contribution is -0.137. The maximum atomic E-state index is 13.2. The van der Waals surface area contributed by atoms with Gasteiger partial charge in [-0.15, -0.1) is 0 Å². The maximum Gasteiger partial charge on any atom is 0.421 e. The number of carbonyl (C=O) groups is 1. The number of hydrogen-bond donors (Lipinski definition) is 2. The molecule has 0 bridgehead atoms. The number of para-hydroxylation sites is 2. The highest BCUT2D eigenvalue weighted by Gasteiger charge is 2.36. The number of amides is 1.